The molecule has 4 nitrogen and oxygen atoms in total. The molecule has 110 valence electrons. The Balaban J connectivity index is 1.65. The average molecular weight is 268 g/mol. The summed E-state index contributed by atoms with van der Waals surface area (Å²) in [5.41, 5.74) is 5.34. The van der Waals surface area contributed by atoms with Crippen molar-refractivity contribution in [1.82, 2.24) is 5.32 Å². The minimum Gasteiger partial charge on any atom is -0.378 e. The minimum atomic E-state index is 0.236. The van der Waals surface area contributed by atoms with Crippen LogP contribution in [0.3, 0.4) is 0 Å². The lowest BCUT2D eigenvalue weighted by molar-refractivity contribution is -0.127. The zero-order valence-corrected chi connectivity index (χ0v) is 11.9. The van der Waals surface area contributed by atoms with Crippen molar-refractivity contribution < 1.29 is 9.53 Å². The Bertz CT molecular complexity index is 283. The molecule has 2 saturated carbocycles. The molecule has 0 radical (unpaired) electrons. The Hall–Kier alpha value is -0.610. The molecule has 3 N–H and O–H groups in total. The van der Waals surface area contributed by atoms with Crippen molar-refractivity contribution in [3.05, 3.63) is 0 Å². The highest BCUT2D eigenvalue weighted by Crippen LogP contribution is 2.42. The van der Waals surface area contributed by atoms with Crippen LogP contribution >= 0.6 is 0 Å². The Labute approximate surface area is 116 Å². The standard InChI is InChI=1S/C15H28N2O2/c16-7-9-19-10-8-17-15(18)14-6-5-12-3-1-2-4-13(12)11-14/h12-14H,1-11,16H2,(H,17,18). The summed E-state index contributed by atoms with van der Waals surface area (Å²) >= 11 is 0. The fraction of sp³-hybridized carbons (Fsp3) is 0.933. The zero-order chi connectivity index (χ0) is 13.5. The number of fused-ring (bicyclic) bond motifs is 1. The van der Waals surface area contributed by atoms with Crippen molar-refractivity contribution in [1.29, 1.82) is 0 Å². The third-order valence-electron chi connectivity index (χ3n) is 4.72. The van der Waals surface area contributed by atoms with E-state index in [1.807, 2.05) is 0 Å². The Morgan fingerprint density at radius 3 is 2.68 bits per heavy atom. The van der Waals surface area contributed by atoms with Crippen molar-refractivity contribution in [3.63, 3.8) is 0 Å². The van der Waals surface area contributed by atoms with E-state index in [2.05, 4.69) is 5.32 Å². The predicted molar refractivity (Wildman–Crippen MR) is 75.7 cm³/mol. The smallest absolute Gasteiger partial charge is 0.223 e. The summed E-state index contributed by atoms with van der Waals surface area (Å²) in [7, 11) is 0. The monoisotopic (exact) mass is 268 g/mol. The molecule has 0 aromatic carbocycles. The van der Waals surface area contributed by atoms with Crippen molar-refractivity contribution >= 4 is 5.91 Å². The number of carbonyl (C=O) groups excluding carboxylic acids is 1. The minimum absolute atomic E-state index is 0.236. The van der Waals surface area contributed by atoms with Crippen LogP contribution in [0.1, 0.15) is 44.9 Å². The first-order valence-corrected chi connectivity index (χ1v) is 7.86. The van der Waals surface area contributed by atoms with Gasteiger partial charge in [-0.15, -0.1) is 0 Å². The van der Waals surface area contributed by atoms with E-state index >= 15 is 0 Å². The summed E-state index contributed by atoms with van der Waals surface area (Å²) in [6.07, 6.45) is 8.95. The van der Waals surface area contributed by atoms with Crippen molar-refractivity contribution in [2.75, 3.05) is 26.3 Å². The van der Waals surface area contributed by atoms with E-state index in [1.165, 1.54) is 32.1 Å². The average Bonchev–Trinajstić information content (AvgIpc) is 2.46. The van der Waals surface area contributed by atoms with Crippen LogP contribution in [0.4, 0.5) is 0 Å². The molecule has 0 aliphatic heterocycles. The normalized spacial score (nSPS) is 30.7. The van der Waals surface area contributed by atoms with E-state index in [9.17, 15) is 4.79 Å². The van der Waals surface area contributed by atoms with Crippen LogP contribution in [-0.4, -0.2) is 32.2 Å². The first kappa shape index (κ1) is 14.8. The van der Waals surface area contributed by atoms with Gasteiger partial charge in [-0.25, -0.2) is 0 Å². The van der Waals surface area contributed by atoms with E-state index in [1.54, 1.807) is 0 Å². The molecule has 2 aliphatic carbocycles. The van der Waals surface area contributed by atoms with Gasteiger partial charge in [-0.1, -0.05) is 25.7 Å². The maximum atomic E-state index is 12.1. The molecule has 0 aromatic rings. The van der Waals surface area contributed by atoms with Gasteiger partial charge < -0.3 is 15.8 Å². The lowest BCUT2D eigenvalue weighted by atomic mass is 9.67. The van der Waals surface area contributed by atoms with Gasteiger partial charge in [0.05, 0.1) is 13.2 Å². The fourth-order valence-electron chi connectivity index (χ4n) is 3.69. The molecule has 0 saturated heterocycles. The maximum Gasteiger partial charge on any atom is 0.223 e. The lowest BCUT2D eigenvalue weighted by Crippen LogP contribution is -2.38. The van der Waals surface area contributed by atoms with Crippen LogP contribution in [-0.2, 0) is 9.53 Å². The van der Waals surface area contributed by atoms with Crippen LogP contribution in [0, 0.1) is 17.8 Å². The second-order valence-corrected chi connectivity index (χ2v) is 6.01. The Morgan fingerprint density at radius 1 is 1.11 bits per heavy atom. The van der Waals surface area contributed by atoms with Crippen molar-refractivity contribution in [2.45, 2.75) is 44.9 Å². The van der Waals surface area contributed by atoms with Crippen LogP contribution in [0.5, 0.6) is 0 Å². The third-order valence-corrected chi connectivity index (χ3v) is 4.72. The van der Waals surface area contributed by atoms with Gasteiger partial charge in [0.15, 0.2) is 0 Å². The summed E-state index contributed by atoms with van der Waals surface area (Å²) in [6, 6.07) is 0. The fourth-order valence-corrected chi connectivity index (χ4v) is 3.69. The Kier molecular flexibility index (Phi) is 6.11. The molecule has 4 heteroatoms. The molecule has 19 heavy (non-hydrogen) atoms. The van der Waals surface area contributed by atoms with Crippen LogP contribution < -0.4 is 11.1 Å². The molecule has 0 spiro atoms. The van der Waals surface area contributed by atoms with Crippen LogP contribution in [0.15, 0.2) is 0 Å². The molecule has 0 heterocycles. The number of nitrogens with one attached hydrogen (secondary N) is 1. The first-order chi connectivity index (χ1) is 9.31. The highest BCUT2D eigenvalue weighted by molar-refractivity contribution is 5.78. The summed E-state index contributed by atoms with van der Waals surface area (Å²) in [6.45, 7) is 2.30. The van der Waals surface area contributed by atoms with Gasteiger partial charge in [0.2, 0.25) is 5.91 Å². The molecule has 1 amide bonds. The van der Waals surface area contributed by atoms with Crippen LogP contribution in [0.2, 0.25) is 0 Å². The second kappa shape index (κ2) is 7.85. The number of carbonyl (C=O) groups is 1. The molecule has 0 bridgehead atoms. The molecule has 2 rings (SSSR count). The van der Waals surface area contributed by atoms with E-state index in [-0.39, 0.29) is 11.8 Å². The topological polar surface area (TPSA) is 64.3 Å². The van der Waals surface area contributed by atoms with E-state index in [0.29, 0.717) is 26.3 Å². The van der Waals surface area contributed by atoms with Gasteiger partial charge in [0.1, 0.15) is 0 Å². The van der Waals surface area contributed by atoms with Crippen molar-refractivity contribution in [3.8, 4) is 0 Å². The van der Waals surface area contributed by atoms with Crippen LogP contribution in [0.25, 0.3) is 0 Å². The highest BCUT2D eigenvalue weighted by Gasteiger charge is 2.34. The van der Waals surface area contributed by atoms with Gasteiger partial charge in [0.25, 0.3) is 0 Å². The van der Waals surface area contributed by atoms with Crippen molar-refractivity contribution in [2.24, 2.45) is 23.5 Å². The number of hydrogen-bond acceptors (Lipinski definition) is 3. The molecule has 3 atom stereocenters. The van der Waals surface area contributed by atoms with Gasteiger partial charge >= 0.3 is 0 Å². The highest BCUT2D eigenvalue weighted by atomic mass is 16.5. The number of rotatable bonds is 6. The molecular formula is C15H28N2O2. The predicted octanol–water partition coefficient (Wildman–Crippen LogP) is 1.68. The van der Waals surface area contributed by atoms with Gasteiger partial charge in [-0.05, 0) is 31.1 Å². The SMILES string of the molecule is NCCOCCNC(=O)C1CCC2CCCCC2C1. The largest absolute Gasteiger partial charge is 0.378 e. The summed E-state index contributed by atoms with van der Waals surface area (Å²) in [4.78, 5) is 12.1. The Morgan fingerprint density at radius 2 is 1.89 bits per heavy atom. The second-order valence-electron chi connectivity index (χ2n) is 6.01. The van der Waals surface area contributed by atoms with E-state index in [4.69, 9.17) is 10.5 Å². The van der Waals surface area contributed by atoms with Gasteiger partial charge in [-0.3, -0.25) is 4.79 Å². The third kappa shape index (κ3) is 4.46. The van der Waals surface area contributed by atoms with Gasteiger partial charge in [-0.2, -0.15) is 0 Å². The van der Waals surface area contributed by atoms with Gasteiger partial charge in [0, 0.05) is 19.0 Å². The molecule has 0 aromatic heterocycles. The summed E-state index contributed by atoms with van der Waals surface area (Å²) < 4.78 is 5.27. The lowest BCUT2D eigenvalue weighted by Gasteiger charge is -2.38. The zero-order valence-electron chi connectivity index (χ0n) is 11.9. The first-order valence-electron chi connectivity index (χ1n) is 7.86. The number of ether oxygens (including phenoxy) is 1. The number of hydrogen-bond donors (Lipinski definition) is 2. The molecule has 2 fully saturated rings. The molecule has 2 aliphatic rings. The summed E-state index contributed by atoms with van der Waals surface area (Å²) in [5.74, 6) is 2.20. The summed E-state index contributed by atoms with van der Waals surface area (Å²) in [5, 5.41) is 3.00. The molecule has 3 unspecified atom stereocenters. The molecular weight excluding hydrogens is 240 g/mol. The number of amides is 1. The quantitative estimate of drug-likeness (QED) is 0.720. The number of nitrogens with two attached hydrogens (primary N) is 1. The van der Waals surface area contributed by atoms with E-state index in [0.717, 1.165) is 24.7 Å². The maximum absolute atomic E-state index is 12.1. The van der Waals surface area contributed by atoms with E-state index < -0.39 is 0 Å².